The molecule has 0 atom stereocenters. The number of unbranched alkanes of at least 4 members (excludes halogenated alkanes) is 4. The van der Waals surface area contributed by atoms with Crippen molar-refractivity contribution in [1.82, 2.24) is 4.57 Å². The molecule has 0 bridgehead atoms. The molecule has 2 aromatic carbocycles. The fraction of sp³-hybridized carbons (Fsp3) is 0.485. The molecule has 4 rings (SSSR count). The molecule has 10 nitrogen and oxygen atoms in total. The summed E-state index contributed by atoms with van der Waals surface area (Å²) >= 11 is 25.9. The first-order chi connectivity index (χ1) is 23.1. The Kier molecular flexibility index (Phi) is 14.2. The van der Waals surface area contributed by atoms with Gasteiger partial charge in [-0.25, -0.2) is 9.13 Å². The lowest BCUT2D eigenvalue weighted by molar-refractivity contribution is -0.674. The van der Waals surface area contributed by atoms with Gasteiger partial charge in [-0.15, -0.1) is 0 Å². The molecule has 1 aromatic heterocycles. The Morgan fingerprint density at radius 1 is 0.694 bits per heavy atom. The smallest absolute Gasteiger partial charge is 0.282 e. The molecule has 2 heterocycles. The number of rotatable bonds is 18. The van der Waals surface area contributed by atoms with Crippen LogP contribution in [0.2, 0.25) is 20.1 Å². The molecule has 49 heavy (non-hydrogen) atoms. The van der Waals surface area contributed by atoms with Crippen LogP contribution < -0.4 is 14.4 Å². The molecule has 0 fully saturated rings. The van der Waals surface area contributed by atoms with Gasteiger partial charge in [0.1, 0.15) is 5.82 Å². The van der Waals surface area contributed by atoms with Gasteiger partial charge in [-0.05, 0) is 56.7 Å². The second-order valence-electron chi connectivity index (χ2n) is 12.1. The van der Waals surface area contributed by atoms with E-state index in [4.69, 9.17) is 46.4 Å². The maximum Gasteiger partial charge on any atom is 0.282 e. The van der Waals surface area contributed by atoms with Gasteiger partial charge < -0.3 is 9.80 Å². The Hall–Kier alpha value is -2.03. The summed E-state index contributed by atoms with van der Waals surface area (Å²) in [6, 6.07) is 7.34. The minimum Gasteiger partial charge on any atom is -0.326 e. The van der Waals surface area contributed by atoms with Crippen LogP contribution in [0.4, 0.5) is 11.4 Å². The van der Waals surface area contributed by atoms with Crippen molar-refractivity contribution in [1.29, 1.82) is 0 Å². The van der Waals surface area contributed by atoms with E-state index in [9.17, 15) is 25.9 Å². The average Bonchev–Trinajstić information content (AvgIpc) is 3.44. The molecule has 0 unspecified atom stereocenters. The lowest BCUT2D eigenvalue weighted by Crippen LogP contribution is -2.37. The summed E-state index contributed by atoms with van der Waals surface area (Å²) < 4.78 is 68.4. The SMILES string of the molecule is CCCCN1C(=CC=Cc2n(CCCC)c3cc(Cl)c(Cl)cc3[n+]2CCCCS(=O)(=O)O)N(CCCCS(=O)(=O)O)c2cc(Cl)c(Cl)cc21. The highest BCUT2D eigenvalue weighted by molar-refractivity contribution is 7.86. The second kappa shape index (κ2) is 17.5. The predicted octanol–water partition coefficient (Wildman–Crippen LogP) is 8.66. The summed E-state index contributed by atoms with van der Waals surface area (Å²) in [6.07, 6.45) is 11.3. The third kappa shape index (κ3) is 10.5. The second-order valence-corrected chi connectivity index (χ2v) is 16.8. The van der Waals surface area contributed by atoms with Gasteiger partial charge in [0.2, 0.25) is 0 Å². The number of aryl methyl sites for hydroxylation is 2. The van der Waals surface area contributed by atoms with E-state index in [1.165, 1.54) is 0 Å². The Morgan fingerprint density at radius 3 is 1.78 bits per heavy atom. The van der Waals surface area contributed by atoms with E-state index in [1.54, 1.807) is 0 Å². The number of hydrogen-bond acceptors (Lipinski definition) is 6. The van der Waals surface area contributed by atoms with Gasteiger partial charge in [-0.2, -0.15) is 16.8 Å². The zero-order chi connectivity index (χ0) is 35.9. The molecule has 1 aliphatic heterocycles. The molecule has 0 radical (unpaired) electrons. The van der Waals surface area contributed by atoms with Crippen LogP contribution in [-0.4, -0.2) is 55.1 Å². The van der Waals surface area contributed by atoms with Crippen LogP contribution in [0.15, 0.2) is 42.2 Å². The lowest BCUT2D eigenvalue weighted by atomic mass is 10.2. The number of allylic oxidation sites excluding steroid dienone is 2. The number of imidazole rings is 1. The molecular weight excluding hydrogens is 754 g/mol. The van der Waals surface area contributed by atoms with E-state index in [2.05, 4.69) is 32.8 Å². The van der Waals surface area contributed by atoms with Gasteiger partial charge in [-0.3, -0.25) is 9.11 Å². The van der Waals surface area contributed by atoms with Gasteiger partial charge in [-0.1, -0.05) is 79.2 Å². The minimum absolute atomic E-state index is 0.282. The molecule has 0 amide bonds. The maximum atomic E-state index is 11.4. The van der Waals surface area contributed by atoms with Crippen LogP contribution in [0, 0.1) is 0 Å². The number of benzene rings is 2. The van der Waals surface area contributed by atoms with Crippen LogP contribution in [0.1, 0.15) is 71.0 Å². The fourth-order valence-electron chi connectivity index (χ4n) is 5.96. The van der Waals surface area contributed by atoms with Crippen LogP contribution in [0.3, 0.4) is 0 Å². The molecule has 0 spiro atoms. The van der Waals surface area contributed by atoms with Crippen molar-refractivity contribution < 1.29 is 30.5 Å². The monoisotopic (exact) mass is 795 g/mol. The summed E-state index contributed by atoms with van der Waals surface area (Å²) in [7, 11) is -8.16. The zero-order valence-corrected chi connectivity index (χ0v) is 32.2. The highest BCUT2D eigenvalue weighted by atomic mass is 35.5. The summed E-state index contributed by atoms with van der Waals surface area (Å²) in [5.41, 5.74) is 3.50. The Balaban J connectivity index is 1.81. The van der Waals surface area contributed by atoms with Crippen molar-refractivity contribution in [3.8, 4) is 0 Å². The fourth-order valence-corrected chi connectivity index (χ4v) is 7.73. The molecule has 3 aromatic rings. The van der Waals surface area contributed by atoms with E-state index in [0.29, 0.717) is 59.1 Å². The van der Waals surface area contributed by atoms with Crippen LogP contribution >= 0.6 is 46.4 Å². The molecule has 270 valence electrons. The van der Waals surface area contributed by atoms with Crippen molar-refractivity contribution in [3.05, 3.63) is 68.2 Å². The topological polar surface area (TPSA) is 124 Å². The first kappa shape index (κ1) is 39.8. The van der Waals surface area contributed by atoms with Gasteiger partial charge in [0, 0.05) is 31.3 Å². The molecular formula is C33H43Cl4N4O6S2+. The van der Waals surface area contributed by atoms with E-state index in [0.717, 1.165) is 59.7 Å². The van der Waals surface area contributed by atoms with E-state index in [1.807, 2.05) is 42.5 Å². The number of hydrogen-bond donors (Lipinski definition) is 2. The Labute approximate surface area is 309 Å². The summed E-state index contributed by atoms with van der Waals surface area (Å²) in [4.78, 5) is 4.28. The largest absolute Gasteiger partial charge is 0.326 e. The van der Waals surface area contributed by atoms with E-state index >= 15 is 0 Å². The standard InChI is InChI=1S/C33H42Cl4N4O6S2/c1-3-5-14-38-28-20-24(34)26(36)22-30(28)40(16-7-9-18-48(42,43)44)32(38)12-11-13-33-39(15-6-4-2)29-21-25(35)27(37)23-31(29)41(33)17-8-10-19-49(45,46)47/h11-13,20-23H,3-10,14-19H2,1-2H3,(H-,42,43,44,45,46,47)/p+1. The van der Waals surface area contributed by atoms with Crippen LogP contribution in [0.25, 0.3) is 17.1 Å². The van der Waals surface area contributed by atoms with Gasteiger partial charge >= 0.3 is 0 Å². The van der Waals surface area contributed by atoms with Crippen molar-refractivity contribution in [3.63, 3.8) is 0 Å². The minimum atomic E-state index is -4.08. The first-order valence-electron chi connectivity index (χ1n) is 16.4. The summed E-state index contributed by atoms with van der Waals surface area (Å²) in [5, 5.41) is 1.67. The molecule has 1 aliphatic rings. The highest BCUT2D eigenvalue weighted by Gasteiger charge is 2.32. The molecule has 2 N–H and O–H groups in total. The van der Waals surface area contributed by atoms with E-state index < -0.39 is 20.2 Å². The van der Waals surface area contributed by atoms with Crippen LogP contribution in [-0.2, 0) is 33.3 Å². The summed E-state index contributed by atoms with van der Waals surface area (Å²) in [5.74, 6) is 1.08. The number of fused-ring (bicyclic) bond motifs is 2. The van der Waals surface area contributed by atoms with Crippen molar-refractivity contribution in [2.45, 2.75) is 78.3 Å². The Morgan fingerprint density at radius 2 is 1.20 bits per heavy atom. The van der Waals surface area contributed by atoms with Gasteiger partial charge in [0.15, 0.2) is 11.0 Å². The number of nitrogens with zero attached hydrogens (tertiary/aromatic N) is 4. The molecule has 0 saturated heterocycles. The van der Waals surface area contributed by atoms with Gasteiger partial charge in [0.25, 0.3) is 26.1 Å². The highest BCUT2D eigenvalue weighted by Crippen LogP contribution is 2.46. The molecule has 0 saturated carbocycles. The van der Waals surface area contributed by atoms with Crippen molar-refractivity contribution >= 4 is 95.1 Å². The summed E-state index contributed by atoms with van der Waals surface area (Å²) in [6.45, 7) is 6.61. The predicted molar refractivity (Wildman–Crippen MR) is 202 cm³/mol. The maximum absolute atomic E-state index is 11.4. The average molecular weight is 798 g/mol. The van der Waals surface area contributed by atoms with Crippen LogP contribution in [0.5, 0.6) is 0 Å². The normalized spacial score (nSPS) is 14.7. The first-order valence-corrected chi connectivity index (χ1v) is 21.1. The van der Waals surface area contributed by atoms with Gasteiger partial charge in [0.05, 0.1) is 56.1 Å². The lowest BCUT2D eigenvalue weighted by Gasteiger charge is -2.25. The van der Waals surface area contributed by atoms with Crippen molar-refractivity contribution in [2.75, 3.05) is 34.4 Å². The number of aromatic nitrogens is 2. The quantitative estimate of drug-likeness (QED) is 0.0745. The number of halogens is 4. The Bertz CT molecular complexity index is 1930. The molecule has 16 heteroatoms. The third-order valence-electron chi connectivity index (χ3n) is 8.33. The third-order valence-corrected chi connectivity index (χ3v) is 11.4. The van der Waals surface area contributed by atoms with Crippen molar-refractivity contribution in [2.24, 2.45) is 0 Å². The zero-order valence-electron chi connectivity index (χ0n) is 27.6. The molecule has 0 aliphatic carbocycles. The van der Waals surface area contributed by atoms with E-state index in [-0.39, 0.29) is 24.3 Å². The number of anilines is 2.